The van der Waals surface area contributed by atoms with Crippen LogP contribution in [-0.4, -0.2) is 30.4 Å². The lowest BCUT2D eigenvalue weighted by Gasteiger charge is -2.26. The summed E-state index contributed by atoms with van der Waals surface area (Å²) in [7, 11) is 1.47. The van der Waals surface area contributed by atoms with Gasteiger partial charge in [-0.1, -0.05) is 30.3 Å². The van der Waals surface area contributed by atoms with Crippen LogP contribution < -0.4 is 11.1 Å². The van der Waals surface area contributed by atoms with Gasteiger partial charge < -0.3 is 11.1 Å². The molecule has 0 bridgehead atoms. The zero-order chi connectivity index (χ0) is 12.5. The molecule has 5 heteroatoms. The molecule has 5 nitrogen and oxygen atoms in total. The first-order valence-corrected chi connectivity index (χ1v) is 5.48. The van der Waals surface area contributed by atoms with Crippen molar-refractivity contribution < 1.29 is 9.59 Å². The van der Waals surface area contributed by atoms with Gasteiger partial charge in [-0.25, -0.2) is 4.79 Å². The number of carbonyl (C=O) groups excluding carboxylic acids is 2. The molecule has 2 rings (SSSR count). The summed E-state index contributed by atoms with van der Waals surface area (Å²) < 4.78 is 0. The van der Waals surface area contributed by atoms with E-state index in [4.69, 9.17) is 5.73 Å². The van der Waals surface area contributed by atoms with Crippen molar-refractivity contribution in [3.05, 3.63) is 35.9 Å². The molecule has 1 heterocycles. The third-order valence-electron chi connectivity index (χ3n) is 3.08. The summed E-state index contributed by atoms with van der Waals surface area (Å²) in [5.41, 5.74) is 5.34. The first-order valence-electron chi connectivity index (χ1n) is 5.48. The highest BCUT2D eigenvalue weighted by molar-refractivity contribution is 6.07. The van der Waals surface area contributed by atoms with E-state index in [1.165, 1.54) is 7.05 Å². The van der Waals surface area contributed by atoms with E-state index in [1.807, 2.05) is 30.3 Å². The minimum atomic E-state index is -0.998. The van der Waals surface area contributed by atoms with Crippen molar-refractivity contribution in [2.75, 3.05) is 13.6 Å². The van der Waals surface area contributed by atoms with E-state index in [1.54, 1.807) is 0 Å². The van der Waals surface area contributed by atoms with Crippen molar-refractivity contribution in [2.45, 2.75) is 12.0 Å². The minimum absolute atomic E-state index is 0.251. The lowest BCUT2D eigenvalue weighted by molar-refractivity contribution is -0.130. The van der Waals surface area contributed by atoms with Crippen LogP contribution in [0.15, 0.2) is 30.3 Å². The van der Waals surface area contributed by atoms with Crippen molar-refractivity contribution in [3.63, 3.8) is 0 Å². The molecule has 1 aromatic carbocycles. The summed E-state index contributed by atoms with van der Waals surface area (Å²) in [5, 5.41) is 2.74. The largest absolute Gasteiger partial charge is 0.330 e. The molecule has 0 aliphatic carbocycles. The van der Waals surface area contributed by atoms with Gasteiger partial charge in [0.2, 0.25) is 0 Å². The maximum Gasteiger partial charge on any atom is 0.325 e. The van der Waals surface area contributed by atoms with Crippen LogP contribution in [0.2, 0.25) is 0 Å². The van der Waals surface area contributed by atoms with E-state index >= 15 is 0 Å². The molecule has 17 heavy (non-hydrogen) atoms. The topological polar surface area (TPSA) is 75.4 Å². The molecule has 1 aromatic rings. The maximum absolute atomic E-state index is 12.2. The van der Waals surface area contributed by atoms with Gasteiger partial charge in [-0.2, -0.15) is 0 Å². The molecule has 1 fully saturated rings. The van der Waals surface area contributed by atoms with Crippen LogP contribution in [-0.2, 0) is 10.3 Å². The van der Waals surface area contributed by atoms with Crippen molar-refractivity contribution in [2.24, 2.45) is 5.73 Å². The van der Waals surface area contributed by atoms with Gasteiger partial charge in [-0.3, -0.25) is 9.69 Å². The lowest BCUT2D eigenvalue weighted by Crippen LogP contribution is -2.45. The van der Waals surface area contributed by atoms with E-state index in [2.05, 4.69) is 5.32 Å². The number of hydrogen-bond acceptors (Lipinski definition) is 3. The normalized spacial score (nSPS) is 24.0. The van der Waals surface area contributed by atoms with Gasteiger partial charge in [0.05, 0.1) is 0 Å². The number of carbonyl (C=O) groups is 2. The molecular formula is C12H15N3O2. The van der Waals surface area contributed by atoms with Gasteiger partial charge in [-0.05, 0) is 18.5 Å². The summed E-state index contributed by atoms with van der Waals surface area (Å²) in [4.78, 5) is 24.9. The van der Waals surface area contributed by atoms with Crippen LogP contribution >= 0.6 is 0 Å². The number of nitrogens with one attached hydrogen (secondary N) is 1. The first-order chi connectivity index (χ1) is 8.12. The molecule has 3 N–H and O–H groups in total. The Hall–Kier alpha value is -1.88. The monoisotopic (exact) mass is 233 g/mol. The number of rotatable bonds is 3. The van der Waals surface area contributed by atoms with Gasteiger partial charge in [0.25, 0.3) is 5.91 Å². The fourth-order valence-corrected chi connectivity index (χ4v) is 2.15. The van der Waals surface area contributed by atoms with E-state index in [0.717, 1.165) is 10.5 Å². The number of urea groups is 1. The molecule has 0 aromatic heterocycles. The highest BCUT2D eigenvalue weighted by atomic mass is 16.2. The van der Waals surface area contributed by atoms with Gasteiger partial charge in [0.1, 0.15) is 5.54 Å². The average Bonchev–Trinajstić information content (AvgIpc) is 2.57. The van der Waals surface area contributed by atoms with Gasteiger partial charge in [0, 0.05) is 7.05 Å². The Balaban J connectivity index is 2.48. The third-order valence-corrected chi connectivity index (χ3v) is 3.08. The lowest BCUT2D eigenvalue weighted by atomic mass is 9.86. The zero-order valence-corrected chi connectivity index (χ0v) is 9.64. The SMILES string of the molecule is CN1C(=O)NC(CCN)(c2ccccc2)C1=O. The maximum atomic E-state index is 12.2. The Labute approximate surface area is 99.6 Å². The average molecular weight is 233 g/mol. The van der Waals surface area contributed by atoms with Crippen molar-refractivity contribution in [1.29, 1.82) is 0 Å². The fraction of sp³-hybridized carbons (Fsp3) is 0.333. The molecular weight excluding hydrogens is 218 g/mol. The van der Waals surface area contributed by atoms with Gasteiger partial charge in [0.15, 0.2) is 0 Å². The number of amides is 3. The number of hydrogen-bond donors (Lipinski definition) is 2. The molecule has 1 atom stereocenters. The molecule has 1 unspecified atom stereocenters. The Kier molecular flexibility index (Phi) is 2.85. The summed E-state index contributed by atoms with van der Waals surface area (Å²) in [6.45, 7) is 0.328. The van der Waals surface area contributed by atoms with Crippen molar-refractivity contribution in [1.82, 2.24) is 10.2 Å². The second-order valence-corrected chi connectivity index (χ2v) is 4.10. The highest BCUT2D eigenvalue weighted by Crippen LogP contribution is 2.31. The number of nitrogens with two attached hydrogens (primary N) is 1. The molecule has 0 saturated carbocycles. The Morgan fingerprint density at radius 1 is 1.29 bits per heavy atom. The van der Waals surface area contributed by atoms with Crippen molar-refractivity contribution >= 4 is 11.9 Å². The summed E-state index contributed by atoms with van der Waals surface area (Å²) in [6, 6.07) is 8.81. The summed E-state index contributed by atoms with van der Waals surface area (Å²) >= 11 is 0. The summed E-state index contributed by atoms with van der Waals surface area (Å²) in [5.74, 6) is -0.251. The van der Waals surface area contributed by atoms with Crippen LogP contribution in [0.3, 0.4) is 0 Å². The molecule has 0 spiro atoms. The number of nitrogens with zero attached hydrogens (tertiary/aromatic N) is 1. The van der Waals surface area contributed by atoms with E-state index < -0.39 is 5.54 Å². The third kappa shape index (κ3) is 1.68. The van der Waals surface area contributed by atoms with Gasteiger partial charge in [-0.15, -0.1) is 0 Å². The Morgan fingerprint density at radius 3 is 2.41 bits per heavy atom. The van der Waals surface area contributed by atoms with Crippen LogP contribution in [0.5, 0.6) is 0 Å². The van der Waals surface area contributed by atoms with Crippen LogP contribution in [0.4, 0.5) is 4.79 Å². The van der Waals surface area contributed by atoms with Gasteiger partial charge >= 0.3 is 6.03 Å². The fourth-order valence-electron chi connectivity index (χ4n) is 2.15. The zero-order valence-electron chi connectivity index (χ0n) is 9.64. The minimum Gasteiger partial charge on any atom is -0.330 e. The van der Waals surface area contributed by atoms with Crippen LogP contribution in [0.1, 0.15) is 12.0 Å². The second-order valence-electron chi connectivity index (χ2n) is 4.10. The molecule has 3 amide bonds. The first kappa shape index (κ1) is 11.6. The number of imide groups is 1. The highest BCUT2D eigenvalue weighted by Gasteiger charge is 2.50. The number of likely N-dealkylation sites (N-methyl/N-ethyl adjacent to an activating group) is 1. The molecule has 90 valence electrons. The second kappa shape index (κ2) is 4.18. The molecule has 1 aliphatic rings. The van der Waals surface area contributed by atoms with E-state index in [9.17, 15) is 9.59 Å². The van der Waals surface area contributed by atoms with E-state index in [0.29, 0.717) is 13.0 Å². The summed E-state index contributed by atoms with van der Waals surface area (Å²) in [6.07, 6.45) is 0.395. The Morgan fingerprint density at radius 2 is 1.94 bits per heavy atom. The quantitative estimate of drug-likeness (QED) is 0.742. The van der Waals surface area contributed by atoms with Crippen molar-refractivity contribution in [3.8, 4) is 0 Å². The molecule has 1 aliphatic heterocycles. The smallest absolute Gasteiger partial charge is 0.325 e. The van der Waals surface area contributed by atoms with E-state index in [-0.39, 0.29) is 11.9 Å². The molecule has 0 radical (unpaired) electrons. The molecule has 1 saturated heterocycles. The standard InChI is InChI=1S/C12H15N3O2/c1-15-10(16)12(7-8-13,14-11(15)17)9-5-3-2-4-6-9/h2-6H,7-8,13H2,1H3,(H,14,17). The van der Waals surface area contributed by atoms with Crippen LogP contribution in [0, 0.1) is 0 Å². The predicted molar refractivity (Wildman–Crippen MR) is 63.1 cm³/mol. The number of benzene rings is 1. The Bertz CT molecular complexity index is 446. The van der Waals surface area contributed by atoms with Crippen LogP contribution in [0.25, 0.3) is 0 Å². The predicted octanol–water partition coefficient (Wildman–Crippen LogP) is 0.412.